The lowest BCUT2D eigenvalue weighted by molar-refractivity contribution is 0.415. The van der Waals surface area contributed by atoms with Gasteiger partial charge in [-0.3, -0.25) is 0 Å². The molecule has 4 aromatic rings. The first-order valence-corrected chi connectivity index (χ1v) is 9.21. The molecule has 0 unspecified atom stereocenters. The van der Waals surface area contributed by atoms with Gasteiger partial charge in [-0.2, -0.15) is 5.26 Å². The molecule has 0 radical (unpaired) electrons. The predicted molar refractivity (Wildman–Crippen MR) is 115 cm³/mol. The van der Waals surface area contributed by atoms with E-state index in [1.807, 2.05) is 60.7 Å². The molecule has 0 spiro atoms. The fraction of sp³-hybridized carbons (Fsp3) is 0.0952. The summed E-state index contributed by atoms with van der Waals surface area (Å²) in [4.78, 5) is 12.1. The van der Waals surface area contributed by atoms with Gasteiger partial charge in [0, 0.05) is 18.0 Å². The number of nitriles is 1. The minimum absolute atomic E-state index is 0. The molecule has 28 heavy (non-hydrogen) atoms. The first-order chi connectivity index (χ1) is 13.3. The van der Waals surface area contributed by atoms with Gasteiger partial charge in [0.15, 0.2) is 5.13 Å². The summed E-state index contributed by atoms with van der Waals surface area (Å²) in [7, 11) is 1.65. The second-order valence-corrected chi connectivity index (χ2v) is 6.84. The third-order valence-corrected chi connectivity index (χ3v) is 5.22. The van der Waals surface area contributed by atoms with Crippen LogP contribution in [0, 0.1) is 11.3 Å². The minimum Gasteiger partial charge on any atom is -0.497 e. The summed E-state index contributed by atoms with van der Waals surface area (Å²) in [5.41, 5.74) is 3.40. The van der Waals surface area contributed by atoms with Crippen LogP contribution in [0.1, 0.15) is 11.1 Å². The van der Waals surface area contributed by atoms with E-state index in [2.05, 4.69) is 16.0 Å². The van der Waals surface area contributed by atoms with Crippen molar-refractivity contribution in [3.05, 3.63) is 78.0 Å². The molecule has 4 rings (SSSR count). The highest BCUT2D eigenvalue weighted by Gasteiger charge is 2.17. The van der Waals surface area contributed by atoms with E-state index < -0.39 is 0 Å². The number of halogens is 1. The normalized spacial score (nSPS) is 10.1. The molecule has 2 aromatic carbocycles. The number of ether oxygens (including phenoxy) is 1. The van der Waals surface area contributed by atoms with Gasteiger partial charge in [0.25, 0.3) is 0 Å². The Balaban J connectivity index is 0.00000225. The Hall–Kier alpha value is -3.14. The molecule has 7 heteroatoms. The molecule has 5 nitrogen and oxygen atoms in total. The van der Waals surface area contributed by atoms with Gasteiger partial charge >= 0.3 is 0 Å². The maximum atomic E-state index is 9.46. The van der Waals surface area contributed by atoms with Gasteiger partial charge in [0.05, 0.1) is 25.3 Å². The van der Waals surface area contributed by atoms with E-state index in [-0.39, 0.29) is 12.4 Å². The van der Waals surface area contributed by atoms with Gasteiger partial charge in [-0.1, -0.05) is 35.6 Å². The molecule has 0 aliphatic heterocycles. The van der Waals surface area contributed by atoms with Crippen molar-refractivity contribution in [2.75, 3.05) is 12.0 Å². The van der Waals surface area contributed by atoms with E-state index in [4.69, 9.17) is 9.72 Å². The first kappa shape index (κ1) is 19.6. The summed E-state index contributed by atoms with van der Waals surface area (Å²) < 4.78 is 5.39. The van der Waals surface area contributed by atoms with E-state index in [0.29, 0.717) is 12.1 Å². The highest BCUT2D eigenvalue weighted by Crippen LogP contribution is 2.35. The molecule has 0 bridgehead atoms. The first-order valence-electron chi connectivity index (χ1n) is 8.39. The Morgan fingerprint density at radius 2 is 1.96 bits per heavy atom. The van der Waals surface area contributed by atoms with Crippen LogP contribution in [0.5, 0.6) is 5.75 Å². The molecule has 140 valence electrons. The zero-order valence-corrected chi connectivity index (χ0v) is 16.7. The number of benzene rings is 2. The van der Waals surface area contributed by atoms with Gasteiger partial charge in [0.2, 0.25) is 0 Å². The van der Waals surface area contributed by atoms with Crippen LogP contribution in [0.2, 0.25) is 0 Å². The highest BCUT2D eigenvalue weighted by atomic mass is 35.5. The van der Waals surface area contributed by atoms with Crippen molar-refractivity contribution in [2.45, 2.75) is 6.54 Å². The number of thiazole rings is 1. The van der Waals surface area contributed by atoms with Crippen LogP contribution in [-0.4, -0.2) is 17.1 Å². The van der Waals surface area contributed by atoms with Crippen LogP contribution in [0.15, 0.2) is 66.9 Å². The van der Waals surface area contributed by atoms with Crippen LogP contribution in [0.4, 0.5) is 10.8 Å². The number of aromatic nitrogens is 2. The molecule has 2 heterocycles. The molecule has 0 aliphatic rings. The predicted octanol–water partition coefficient (Wildman–Crippen LogP) is 5.33. The smallest absolute Gasteiger partial charge is 0.192 e. The van der Waals surface area contributed by atoms with E-state index in [9.17, 15) is 5.26 Å². The summed E-state index contributed by atoms with van der Waals surface area (Å²) in [5, 5.41) is 10.3. The Labute approximate surface area is 173 Å². The van der Waals surface area contributed by atoms with Crippen molar-refractivity contribution >= 4 is 44.9 Å². The third-order valence-electron chi connectivity index (χ3n) is 4.22. The standard InChI is InChI=1S/C21H16N4OS.ClH/c1-26-18-9-4-8-17(12-18)25(14-16-7-3-2-6-15(16)13-22)21-24-19-10-5-11-23-20(19)27-21;/h2-12H,14H2,1H3;1H. The molecule has 0 fully saturated rings. The van der Waals surface area contributed by atoms with E-state index >= 15 is 0 Å². The van der Waals surface area contributed by atoms with E-state index in [1.165, 1.54) is 11.3 Å². The fourth-order valence-electron chi connectivity index (χ4n) is 2.86. The van der Waals surface area contributed by atoms with Crippen molar-refractivity contribution in [3.8, 4) is 11.8 Å². The lowest BCUT2D eigenvalue weighted by Gasteiger charge is -2.23. The number of hydrogen-bond acceptors (Lipinski definition) is 6. The van der Waals surface area contributed by atoms with Crippen LogP contribution in [0.25, 0.3) is 10.3 Å². The number of pyridine rings is 1. The SMILES string of the molecule is COc1cccc(N(Cc2ccccc2C#N)c2nc3cccnc3s2)c1.Cl. The Kier molecular flexibility index (Phi) is 6.09. The number of nitrogens with zero attached hydrogens (tertiary/aromatic N) is 4. The second-order valence-electron chi connectivity index (χ2n) is 5.88. The quantitative estimate of drug-likeness (QED) is 0.446. The van der Waals surface area contributed by atoms with Crippen molar-refractivity contribution in [2.24, 2.45) is 0 Å². The summed E-state index contributed by atoms with van der Waals surface area (Å²) in [6.07, 6.45) is 1.77. The number of anilines is 2. The van der Waals surface area contributed by atoms with Gasteiger partial charge in [-0.25, -0.2) is 9.97 Å². The Morgan fingerprint density at radius 3 is 2.75 bits per heavy atom. The maximum Gasteiger partial charge on any atom is 0.192 e. The molecule has 2 aromatic heterocycles. The summed E-state index contributed by atoms with van der Waals surface area (Å²) in [6.45, 7) is 0.525. The lowest BCUT2D eigenvalue weighted by atomic mass is 10.1. The number of methoxy groups -OCH3 is 1. The fourth-order valence-corrected chi connectivity index (χ4v) is 3.79. The number of hydrogen-bond donors (Lipinski definition) is 0. The zero-order valence-electron chi connectivity index (χ0n) is 15.1. The summed E-state index contributed by atoms with van der Waals surface area (Å²) >= 11 is 1.53. The average molecular weight is 409 g/mol. The van der Waals surface area contributed by atoms with Gasteiger partial charge in [0.1, 0.15) is 16.1 Å². The minimum atomic E-state index is 0. The van der Waals surface area contributed by atoms with Crippen LogP contribution in [-0.2, 0) is 6.54 Å². The van der Waals surface area contributed by atoms with Crippen LogP contribution < -0.4 is 9.64 Å². The monoisotopic (exact) mass is 408 g/mol. The van der Waals surface area contributed by atoms with Gasteiger partial charge < -0.3 is 9.64 Å². The molecular formula is C21H17ClN4OS. The summed E-state index contributed by atoms with van der Waals surface area (Å²) in [6, 6.07) is 21.6. The highest BCUT2D eigenvalue weighted by molar-refractivity contribution is 7.21. The zero-order chi connectivity index (χ0) is 18.6. The Morgan fingerprint density at radius 1 is 1.11 bits per heavy atom. The summed E-state index contributed by atoms with van der Waals surface area (Å²) in [5.74, 6) is 0.769. The van der Waals surface area contributed by atoms with Crippen molar-refractivity contribution < 1.29 is 4.74 Å². The van der Waals surface area contributed by atoms with Crippen LogP contribution >= 0.6 is 23.7 Å². The lowest BCUT2D eigenvalue weighted by Crippen LogP contribution is -2.17. The van der Waals surface area contributed by atoms with Crippen LogP contribution in [0.3, 0.4) is 0 Å². The van der Waals surface area contributed by atoms with Crippen molar-refractivity contribution in [1.29, 1.82) is 5.26 Å². The number of fused-ring (bicyclic) bond motifs is 1. The Bertz CT molecular complexity index is 1110. The molecular weight excluding hydrogens is 392 g/mol. The molecule has 0 aliphatic carbocycles. The van der Waals surface area contributed by atoms with Gasteiger partial charge in [-0.15, -0.1) is 12.4 Å². The van der Waals surface area contributed by atoms with E-state index in [1.54, 1.807) is 13.3 Å². The number of rotatable bonds is 5. The average Bonchev–Trinajstić information content (AvgIpc) is 3.16. The topological polar surface area (TPSA) is 62.0 Å². The molecule has 0 saturated heterocycles. The van der Waals surface area contributed by atoms with Gasteiger partial charge in [-0.05, 0) is 35.9 Å². The van der Waals surface area contributed by atoms with Crippen molar-refractivity contribution in [1.82, 2.24) is 9.97 Å². The second kappa shape index (κ2) is 8.70. The molecule has 0 saturated carbocycles. The molecule has 0 atom stereocenters. The largest absolute Gasteiger partial charge is 0.497 e. The molecule has 0 N–H and O–H groups in total. The van der Waals surface area contributed by atoms with Crippen molar-refractivity contribution in [3.63, 3.8) is 0 Å². The van der Waals surface area contributed by atoms with E-state index in [0.717, 1.165) is 32.5 Å². The maximum absolute atomic E-state index is 9.46. The third kappa shape index (κ3) is 3.91. The molecule has 0 amide bonds.